The van der Waals surface area contributed by atoms with Crippen molar-refractivity contribution in [2.45, 2.75) is 44.6 Å². The maximum absolute atomic E-state index is 12.9. The van der Waals surface area contributed by atoms with Gasteiger partial charge in [-0.1, -0.05) is 43.7 Å². The van der Waals surface area contributed by atoms with Gasteiger partial charge in [-0.05, 0) is 55.3 Å². The smallest absolute Gasteiger partial charge is 0.262 e. The molecule has 3 rings (SSSR count). The van der Waals surface area contributed by atoms with Gasteiger partial charge in [0.1, 0.15) is 12.1 Å². The van der Waals surface area contributed by atoms with E-state index in [0.29, 0.717) is 17.7 Å². The van der Waals surface area contributed by atoms with Crippen LogP contribution in [0.2, 0.25) is 0 Å². The highest BCUT2D eigenvalue weighted by Crippen LogP contribution is 2.26. The van der Waals surface area contributed by atoms with Crippen LogP contribution in [0.4, 0.5) is 0 Å². The van der Waals surface area contributed by atoms with E-state index in [1.165, 1.54) is 34.8 Å². The van der Waals surface area contributed by atoms with Gasteiger partial charge in [0.25, 0.3) is 5.91 Å². The molecule has 1 heterocycles. The van der Waals surface area contributed by atoms with E-state index in [1.54, 1.807) is 12.1 Å². The molecule has 2 N–H and O–H groups in total. The van der Waals surface area contributed by atoms with Crippen molar-refractivity contribution in [3.8, 4) is 6.07 Å². The van der Waals surface area contributed by atoms with Crippen LogP contribution in [-0.2, 0) is 14.8 Å². The molecule has 1 aromatic heterocycles. The van der Waals surface area contributed by atoms with Crippen LogP contribution in [0.1, 0.15) is 47.5 Å². The van der Waals surface area contributed by atoms with Crippen molar-refractivity contribution in [2.24, 2.45) is 5.92 Å². The molecule has 0 aliphatic heterocycles. The normalized spacial score (nSPS) is 12.5. The van der Waals surface area contributed by atoms with Gasteiger partial charge in [-0.2, -0.15) is 5.26 Å². The second-order valence-electron chi connectivity index (χ2n) is 9.39. The number of nitrogens with zero attached hydrogens (tertiary/aromatic N) is 2. The van der Waals surface area contributed by atoms with Gasteiger partial charge in [0.15, 0.2) is 0 Å². The van der Waals surface area contributed by atoms with Crippen LogP contribution in [0.15, 0.2) is 53.4 Å². The first-order valence-electron chi connectivity index (χ1n) is 12.1. The van der Waals surface area contributed by atoms with Gasteiger partial charge in [0.2, 0.25) is 15.9 Å². The third-order valence-corrected chi connectivity index (χ3v) is 8.90. The molecule has 0 radical (unpaired) electrons. The second kappa shape index (κ2) is 12.3. The fourth-order valence-electron chi connectivity index (χ4n) is 3.92. The first-order valence-corrected chi connectivity index (χ1v) is 14.3. The molecule has 0 fully saturated rings. The van der Waals surface area contributed by atoms with Crippen molar-refractivity contribution in [3.63, 3.8) is 0 Å². The Labute approximate surface area is 222 Å². The quantitative estimate of drug-likeness (QED) is 0.356. The summed E-state index contributed by atoms with van der Waals surface area (Å²) in [6.07, 6.45) is 0.842. The number of aryl methyl sites for hydroxylation is 1. The summed E-state index contributed by atoms with van der Waals surface area (Å²) in [5.41, 5.74) is 1.20. The lowest BCUT2D eigenvalue weighted by Crippen LogP contribution is -2.47. The Morgan fingerprint density at radius 1 is 1.14 bits per heavy atom. The highest BCUT2D eigenvalue weighted by molar-refractivity contribution is 7.89. The molecule has 2 amide bonds. The van der Waals surface area contributed by atoms with Gasteiger partial charge in [-0.3, -0.25) is 9.59 Å². The second-order valence-corrected chi connectivity index (χ2v) is 12.5. The predicted octanol–water partition coefficient (Wildman–Crippen LogP) is 4.05. The van der Waals surface area contributed by atoms with Gasteiger partial charge in [-0.15, -0.1) is 11.3 Å². The Hall–Kier alpha value is -3.26. The maximum atomic E-state index is 12.9. The number of sulfonamides is 1. The number of hydrogen-bond acceptors (Lipinski definition) is 6. The summed E-state index contributed by atoms with van der Waals surface area (Å²) < 4.78 is 27.9. The third-order valence-electron chi connectivity index (χ3n) is 5.87. The number of nitrogens with one attached hydrogen (secondary N) is 2. The van der Waals surface area contributed by atoms with E-state index in [0.717, 1.165) is 15.6 Å². The minimum Gasteiger partial charge on any atom is -0.354 e. The number of hydrogen-bond donors (Lipinski definition) is 2. The standard InChI is InChI=1S/C27H32N4O4S2/c1-18(2)14-22(30-27(33)24-16-21-15-19(3)10-11-23(21)36-24)26(32)29-12-7-13-31(4)37(34,35)25-9-6-5-8-20(25)17-28/h5-6,8-11,15-16,18,22H,7,12-14H2,1-4H3,(H,29,32)(H,30,33)/t22-/m0/s1. The van der Waals surface area contributed by atoms with Crippen LogP contribution < -0.4 is 10.6 Å². The minimum absolute atomic E-state index is 0.0415. The Balaban J connectivity index is 1.58. The van der Waals surface area contributed by atoms with E-state index < -0.39 is 16.1 Å². The molecule has 0 bridgehead atoms. The zero-order valence-corrected chi connectivity index (χ0v) is 23.1. The van der Waals surface area contributed by atoms with Crippen molar-refractivity contribution in [1.82, 2.24) is 14.9 Å². The van der Waals surface area contributed by atoms with Crippen LogP contribution in [0.5, 0.6) is 0 Å². The van der Waals surface area contributed by atoms with Crippen LogP contribution in [-0.4, -0.2) is 50.7 Å². The molecule has 0 aliphatic rings. The molecule has 0 aliphatic carbocycles. The Kier molecular flexibility index (Phi) is 9.43. The molecule has 0 saturated heterocycles. The summed E-state index contributed by atoms with van der Waals surface area (Å²) >= 11 is 1.39. The van der Waals surface area contributed by atoms with Crippen LogP contribution in [0.3, 0.4) is 0 Å². The SMILES string of the molecule is Cc1ccc2sc(C(=O)N[C@@H](CC(C)C)C(=O)NCCCN(C)S(=O)(=O)c3ccccc3C#N)cc2c1. The van der Waals surface area contributed by atoms with Crippen molar-refractivity contribution in [1.29, 1.82) is 5.26 Å². The first-order chi connectivity index (χ1) is 17.5. The summed E-state index contributed by atoms with van der Waals surface area (Å²) in [6, 6.07) is 15.1. The summed E-state index contributed by atoms with van der Waals surface area (Å²) in [5.74, 6) is -0.418. The lowest BCUT2D eigenvalue weighted by Gasteiger charge is -2.21. The van der Waals surface area contributed by atoms with Crippen LogP contribution in [0.25, 0.3) is 10.1 Å². The predicted molar refractivity (Wildman–Crippen MR) is 146 cm³/mol. The van der Waals surface area contributed by atoms with Crippen molar-refractivity contribution in [3.05, 3.63) is 64.5 Å². The lowest BCUT2D eigenvalue weighted by atomic mass is 10.0. The Bertz CT molecular complexity index is 1420. The van der Waals surface area contributed by atoms with Crippen LogP contribution >= 0.6 is 11.3 Å². The largest absolute Gasteiger partial charge is 0.354 e. The van der Waals surface area contributed by atoms with E-state index in [-0.39, 0.29) is 41.3 Å². The number of carbonyl (C=O) groups is 2. The average Bonchev–Trinajstić information content (AvgIpc) is 3.29. The summed E-state index contributed by atoms with van der Waals surface area (Å²) in [5, 5.41) is 15.9. The van der Waals surface area contributed by atoms with Crippen LogP contribution in [0, 0.1) is 24.2 Å². The number of amides is 2. The summed E-state index contributed by atoms with van der Waals surface area (Å²) in [6.45, 7) is 6.36. The average molecular weight is 541 g/mol. The minimum atomic E-state index is -3.83. The van der Waals surface area contributed by atoms with Crippen molar-refractivity contribution in [2.75, 3.05) is 20.1 Å². The maximum Gasteiger partial charge on any atom is 0.262 e. The van der Waals surface area contributed by atoms with E-state index in [1.807, 2.05) is 51.1 Å². The number of nitriles is 1. The van der Waals surface area contributed by atoms with Gasteiger partial charge < -0.3 is 10.6 Å². The molecule has 0 unspecified atom stereocenters. The summed E-state index contributed by atoms with van der Waals surface area (Å²) in [7, 11) is -2.39. The van der Waals surface area contributed by atoms with Gasteiger partial charge in [0.05, 0.1) is 15.3 Å². The highest BCUT2D eigenvalue weighted by atomic mass is 32.2. The topological polar surface area (TPSA) is 119 Å². The van der Waals surface area contributed by atoms with E-state index in [2.05, 4.69) is 10.6 Å². The zero-order chi connectivity index (χ0) is 27.2. The summed E-state index contributed by atoms with van der Waals surface area (Å²) in [4.78, 5) is 26.4. The number of carbonyl (C=O) groups excluding carboxylic acids is 2. The molecule has 8 nitrogen and oxygen atoms in total. The zero-order valence-electron chi connectivity index (χ0n) is 21.4. The number of thiophene rings is 1. The fourth-order valence-corrected chi connectivity index (χ4v) is 6.21. The van der Waals surface area contributed by atoms with Crippen molar-refractivity contribution < 1.29 is 18.0 Å². The van der Waals surface area contributed by atoms with Gasteiger partial charge in [-0.25, -0.2) is 12.7 Å². The van der Waals surface area contributed by atoms with E-state index in [4.69, 9.17) is 0 Å². The highest BCUT2D eigenvalue weighted by Gasteiger charge is 2.25. The van der Waals surface area contributed by atoms with Gasteiger partial charge in [0, 0.05) is 24.8 Å². The molecule has 0 saturated carbocycles. The Morgan fingerprint density at radius 3 is 2.57 bits per heavy atom. The molecule has 37 heavy (non-hydrogen) atoms. The molecular weight excluding hydrogens is 508 g/mol. The fraction of sp³-hybridized carbons (Fsp3) is 0.370. The monoisotopic (exact) mass is 540 g/mol. The molecule has 196 valence electrons. The Morgan fingerprint density at radius 2 is 1.86 bits per heavy atom. The van der Waals surface area contributed by atoms with E-state index >= 15 is 0 Å². The molecular formula is C27H32N4O4S2. The van der Waals surface area contributed by atoms with Crippen molar-refractivity contribution >= 4 is 43.3 Å². The molecule has 0 spiro atoms. The third kappa shape index (κ3) is 7.16. The first kappa shape index (κ1) is 28.3. The number of rotatable bonds is 11. The molecule has 2 aromatic carbocycles. The molecule has 10 heteroatoms. The molecule has 1 atom stereocenters. The number of benzene rings is 2. The number of fused-ring (bicyclic) bond motifs is 1. The molecule has 3 aromatic rings. The lowest BCUT2D eigenvalue weighted by molar-refractivity contribution is -0.123. The van der Waals surface area contributed by atoms with E-state index in [9.17, 15) is 23.3 Å². The van der Waals surface area contributed by atoms with Gasteiger partial charge >= 0.3 is 0 Å².